The number of H-pyrrole nitrogens is 1. The second-order valence-electron chi connectivity index (χ2n) is 2.01. The highest BCUT2D eigenvalue weighted by Crippen LogP contribution is 2.15. The minimum Gasteiger partial charge on any atom is -0.311 e. The Morgan fingerprint density at radius 1 is 1.82 bits per heavy atom. The molecule has 0 saturated heterocycles. The average Bonchev–Trinajstić information content (AvgIpc) is 1.94. The molecule has 0 spiro atoms. The molecule has 0 amide bonds. The van der Waals surface area contributed by atoms with E-state index in [0.717, 1.165) is 0 Å². The van der Waals surface area contributed by atoms with E-state index in [-0.39, 0.29) is 5.02 Å². The van der Waals surface area contributed by atoms with Crippen LogP contribution >= 0.6 is 11.6 Å². The van der Waals surface area contributed by atoms with E-state index in [1.807, 2.05) is 0 Å². The van der Waals surface area contributed by atoms with E-state index in [0.29, 0.717) is 5.69 Å². The molecule has 0 fully saturated rings. The fourth-order valence-corrected chi connectivity index (χ4v) is 0.844. The van der Waals surface area contributed by atoms with Gasteiger partial charge < -0.3 is 5.01 Å². The summed E-state index contributed by atoms with van der Waals surface area (Å²) in [5.41, 5.74) is -0.0446. The summed E-state index contributed by atoms with van der Waals surface area (Å²) >= 11 is 5.58. The number of nitrogens with zero attached hydrogens (tertiary/aromatic N) is 2. The number of hydrogen-bond acceptors (Lipinski definition) is 4. The maximum Gasteiger partial charge on any atom is 0.285 e. The number of hydrazine groups is 1. The molecule has 1 rings (SSSR count). The molecule has 5 nitrogen and oxygen atoms in total. The normalized spacial score (nSPS) is 9.73. The van der Waals surface area contributed by atoms with Gasteiger partial charge in [0, 0.05) is 7.05 Å². The number of rotatable bonds is 1. The lowest BCUT2D eigenvalue weighted by molar-refractivity contribution is 0.942. The molecule has 60 valence electrons. The van der Waals surface area contributed by atoms with Crippen molar-refractivity contribution in [1.29, 1.82) is 0 Å². The molecule has 6 heteroatoms. The molecule has 0 unspecified atom stereocenters. The van der Waals surface area contributed by atoms with Crippen molar-refractivity contribution in [1.82, 2.24) is 10.2 Å². The molecule has 11 heavy (non-hydrogen) atoms. The molecule has 1 aromatic rings. The van der Waals surface area contributed by atoms with Crippen LogP contribution in [0.5, 0.6) is 0 Å². The SMILES string of the molecule is CN(N)c1cn[nH]c(=O)c1Cl. The maximum atomic E-state index is 10.8. The highest BCUT2D eigenvalue weighted by Gasteiger charge is 2.05. The van der Waals surface area contributed by atoms with Gasteiger partial charge in [-0.2, -0.15) is 5.10 Å². The van der Waals surface area contributed by atoms with Crippen LogP contribution in [0.25, 0.3) is 0 Å². The van der Waals surface area contributed by atoms with E-state index in [1.54, 1.807) is 7.05 Å². The van der Waals surface area contributed by atoms with Gasteiger partial charge >= 0.3 is 0 Å². The molecule has 0 aliphatic carbocycles. The second kappa shape index (κ2) is 2.89. The van der Waals surface area contributed by atoms with Crippen molar-refractivity contribution in [2.45, 2.75) is 0 Å². The van der Waals surface area contributed by atoms with Crippen molar-refractivity contribution >= 4 is 17.3 Å². The first-order valence-corrected chi connectivity index (χ1v) is 3.22. The predicted octanol–water partition coefficient (Wildman–Crippen LogP) is -0.267. The number of halogens is 1. The third-order valence-corrected chi connectivity index (χ3v) is 1.52. The zero-order valence-corrected chi connectivity index (χ0v) is 6.59. The van der Waals surface area contributed by atoms with Crippen LogP contribution in [-0.4, -0.2) is 17.2 Å². The van der Waals surface area contributed by atoms with Gasteiger partial charge in [0.2, 0.25) is 0 Å². The summed E-state index contributed by atoms with van der Waals surface area (Å²) in [5, 5.41) is 6.97. The van der Waals surface area contributed by atoms with Gasteiger partial charge in [-0.3, -0.25) is 4.79 Å². The van der Waals surface area contributed by atoms with Crippen molar-refractivity contribution in [3.05, 3.63) is 21.6 Å². The van der Waals surface area contributed by atoms with Crippen LogP contribution < -0.4 is 16.4 Å². The minimum atomic E-state index is -0.443. The van der Waals surface area contributed by atoms with Crippen LogP contribution in [0.15, 0.2) is 11.0 Å². The third-order valence-electron chi connectivity index (χ3n) is 1.16. The van der Waals surface area contributed by atoms with Gasteiger partial charge in [-0.15, -0.1) is 0 Å². The molecule has 0 saturated carbocycles. The Balaban J connectivity index is 3.28. The summed E-state index contributed by atoms with van der Waals surface area (Å²) < 4.78 is 0. The number of hydrogen-bond donors (Lipinski definition) is 2. The average molecular weight is 175 g/mol. The largest absolute Gasteiger partial charge is 0.311 e. The highest BCUT2D eigenvalue weighted by molar-refractivity contribution is 6.32. The van der Waals surface area contributed by atoms with Crippen molar-refractivity contribution in [3.8, 4) is 0 Å². The second-order valence-corrected chi connectivity index (χ2v) is 2.39. The Morgan fingerprint density at radius 3 is 2.91 bits per heavy atom. The number of anilines is 1. The first-order chi connectivity index (χ1) is 5.13. The molecule has 1 heterocycles. The van der Waals surface area contributed by atoms with Crippen molar-refractivity contribution in [2.75, 3.05) is 12.1 Å². The quantitative estimate of drug-likeness (QED) is 0.454. The molecule has 0 aliphatic heterocycles. The van der Waals surface area contributed by atoms with E-state index in [1.165, 1.54) is 11.2 Å². The Labute approximate surface area is 67.7 Å². The van der Waals surface area contributed by atoms with Crippen LogP contribution in [-0.2, 0) is 0 Å². The topological polar surface area (TPSA) is 75.0 Å². The van der Waals surface area contributed by atoms with E-state index >= 15 is 0 Å². The van der Waals surface area contributed by atoms with Gasteiger partial charge in [0.15, 0.2) is 0 Å². The van der Waals surface area contributed by atoms with Gasteiger partial charge in [0.05, 0.1) is 11.9 Å². The number of aromatic amines is 1. The lowest BCUT2D eigenvalue weighted by Crippen LogP contribution is -2.27. The van der Waals surface area contributed by atoms with Crippen LogP contribution in [0.4, 0.5) is 5.69 Å². The molecular weight excluding hydrogens is 168 g/mol. The van der Waals surface area contributed by atoms with Crippen molar-refractivity contribution < 1.29 is 0 Å². The van der Waals surface area contributed by atoms with E-state index in [2.05, 4.69) is 10.2 Å². The molecule has 3 N–H and O–H groups in total. The Kier molecular flexibility index (Phi) is 2.11. The van der Waals surface area contributed by atoms with Gasteiger partial charge in [-0.1, -0.05) is 11.6 Å². The van der Waals surface area contributed by atoms with E-state index < -0.39 is 5.56 Å². The molecule has 0 aliphatic rings. The van der Waals surface area contributed by atoms with Gasteiger partial charge in [0.25, 0.3) is 5.56 Å². The van der Waals surface area contributed by atoms with Crippen LogP contribution in [0.1, 0.15) is 0 Å². The van der Waals surface area contributed by atoms with Crippen LogP contribution in [0, 0.1) is 0 Å². The summed E-state index contributed by atoms with van der Waals surface area (Å²) in [7, 11) is 1.57. The number of nitrogens with one attached hydrogen (secondary N) is 1. The molecular formula is C5H7ClN4O. The maximum absolute atomic E-state index is 10.8. The summed E-state index contributed by atoms with van der Waals surface area (Å²) in [4.78, 5) is 10.8. The Bertz CT molecular complexity index is 308. The summed E-state index contributed by atoms with van der Waals surface area (Å²) in [5.74, 6) is 5.34. The standard InChI is InChI=1S/C5H7ClN4O/c1-10(7)3-2-8-9-5(11)4(3)6/h2H,7H2,1H3,(H,9,11). The monoisotopic (exact) mass is 174 g/mol. The van der Waals surface area contributed by atoms with Crippen LogP contribution in [0.3, 0.4) is 0 Å². The molecule has 0 radical (unpaired) electrons. The zero-order valence-electron chi connectivity index (χ0n) is 5.84. The highest BCUT2D eigenvalue weighted by atomic mass is 35.5. The number of aromatic nitrogens is 2. The smallest absolute Gasteiger partial charge is 0.285 e. The molecule has 0 bridgehead atoms. The van der Waals surface area contributed by atoms with Crippen LogP contribution in [0.2, 0.25) is 5.02 Å². The number of nitrogens with two attached hydrogens (primary N) is 1. The summed E-state index contributed by atoms with van der Waals surface area (Å²) in [6, 6.07) is 0. The lowest BCUT2D eigenvalue weighted by atomic mass is 10.4. The third kappa shape index (κ3) is 1.50. The van der Waals surface area contributed by atoms with Crippen molar-refractivity contribution in [2.24, 2.45) is 5.84 Å². The zero-order chi connectivity index (χ0) is 8.43. The first kappa shape index (κ1) is 8.03. The Morgan fingerprint density at radius 2 is 2.45 bits per heavy atom. The lowest BCUT2D eigenvalue weighted by Gasteiger charge is -2.11. The fraction of sp³-hybridized carbons (Fsp3) is 0.200. The van der Waals surface area contributed by atoms with Gasteiger partial charge in [-0.25, -0.2) is 10.9 Å². The van der Waals surface area contributed by atoms with Gasteiger partial charge in [-0.05, 0) is 0 Å². The van der Waals surface area contributed by atoms with E-state index in [9.17, 15) is 4.79 Å². The summed E-state index contributed by atoms with van der Waals surface area (Å²) in [6.07, 6.45) is 1.38. The first-order valence-electron chi connectivity index (χ1n) is 2.84. The Hall–Kier alpha value is -1.07. The minimum absolute atomic E-state index is 0.0463. The fourth-order valence-electron chi connectivity index (χ4n) is 0.620. The predicted molar refractivity (Wildman–Crippen MR) is 42.5 cm³/mol. The van der Waals surface area contributed by atoms with Gasteiger partial charge in [0.1, 0.15) is 5.02 Å². The summed E-state index contributed by atoms with van der Waals surface area (Å²) in [6.45, 7) is 0. The molecule has 1 aromatic heterocycles. The van der Waals surface area contributed by atoms with Crippen molar-refractivity contribution in [3.63, 3.8) is 0 Å². The molecule has 0 atom stereocenters. The van der Waals surface area contributed by atoms with E-state index in [4.69, 9.17) is 17.4 Å². The molecule has 0 aromatic carbocycles.